The standard InChI is InChI=1S/C48H67N5O12/c1-52(2)17-15-49-45(56)37-25-11-13-29(31(19-25)41(54)27-21-33(60-5)43(64-9)34(22-27)61-6)39(37)47(58)51-48(59)40-30-14-12-26(38(40)46(57)50-16-18-53(3)4)20-32(30)42(55)28-23-35(62-7)44(65-10)36(24-28)63-8/h21-26,29-32,37-40H,11-20H2,1-10H3,(H,49,56)(H,50,57)(H,51,58,59). The largest absolute Gasteiger partial charge is 0.493 e. The maximum absolute atomic E-state index is 15.0. The van der Waals surface area contributed by atoms with Gasteiger partial charge >= 0.3 is 0 Å². The summed E-state index contributed by atoms with van der Waals surface area (Å²) >= 11 is 0. The monoisotopic (exact) mass is 905 g/mol. The molecule has 2 aromatic carbocycles. The molecule has 4 bridgehead atoms. The number of methoxy groups -OCH3 is 6. The zero-order chi connectivity index (χ0) is 47.3. The Morgan fingerprint density at radius 2 is 0.831 bits per heavy atom. The molecule has 10 atom stereocenters. The number of carbonyl (C=O) groups excluding carboxylic acids is 6. The number of Topliss-reactive ketones (excluding diaryl/α,β-unsaturated/α-hetero) is 2. The first-order chi connectivity index (χ1) is 31.1. The van der Waals surface area contributed by atoms with Gasteiger partial charge in [0.2, 0.25) is 35.1 Å². The van der Waals surface area contributed by atoms with Crippen LogP contribution in [0.3, 0.4) is 0 Å². The molecule has 6 aliphatic rings. The molecule has 356 valence electrons. The average molecular weight is 906 g/mol. The fourth-order valence-electron chi connectivity index (χ4n) is 11.4. The summed E-state index contributed by atoms with van der Waals surface area (Å²) in [7, 11) is 16.4. The molecule has 0 aromatic heterocycles. The SMILES string of the molecule is COc1cc(C(=O)C2CC3CCC2C(C(=O)NC(=O)C2C4CCC(CC4C(=O)c4cc(OC)c(OC)c(OC)c4)C2C(=O)NCCN(C)C)C3C(=O)NCCN(C)C)cc(OC)c1OC. The van der Waals surface area contributed by atoms with Crippen LogP contribution < -0.4 is 44.4 Å². The number of hydrogen-bond donors (Lipinski definition) is 3. The van der Waals surface area contributed by atoms with Crippen LogP contribution in [0.5, 0.6) is 34.5 Å². The lowest BCUT2D eigenvalue weighted by Gasteiger charge is -2.52. The Hall–Kier alpha value is -5.42. The molecule has 0 aliphatic heterocycles. The summed E-state index contributed by atoms with van der Waals surface area (Å²) in [6.07, 6.45) is 2.95. The summed E-state index contributed by atoms with van der Waals surface area (Å²) in [5.41, 5.74) is 0.617. The third kappa shape index (κ3) is 10.1. The van der Waals surface area contributed by atoms with Crippen LogP contribution in [0.4, 0.5) is 0 Å². The van der Waals surface area contributed by atoms with Crippen molar-refractivity contribution in [2.24, 2.45) is 59.2 Å². The average Bonchev–Trinajstić information content (AvgIpc) is 3.31. The third-order valence-electron chi connectivity index (χ3n) is 14.3. The molecule has 4 amide bonds. The van der Waals surface area contributed by atoms with Gasteiger partial charge in [-0.15, -0.1) is 0 Å². The van der Waals surface area contributed by atoms with E-state index in [1.54, 1.807) is 24.3 Å². The van der Waals surface area contributed by atoms with Crippen molar-refractivity contribution in [2.75, 3.05) is 97.0 Å². The Morgan fingerprint density at radius 1 is 0.492 bits per heavy atom. The van der Waals surface area contributed by atoms with E-state index >= 15 is 0 Å². The van der Waals surface area contributed by atoms with E-state index in [4.69, 9.17) is 28.4 Å². The van der Waals surface area contributed by atoms with Crippen LogP contribution in [0.25, 0.3) is 0 Å². The predicted octanol–water partition coefficient (Wildman–Crippen LogP) is 3.36. The Bertz CT molecular complexity index is 1910. The predicted molar refractivity (Wildman–Crippen MR) is 240 cm³/mol. The minimum atomic E-state index is -1.04. The van der Waals surface area contributed by atoms with E-state index in [0.29, 0.717) is 110 Å². The summed E-state index contributed by atoms with van der Waals surface area (Å²) in [6, 6.07) is 6.36. The van der Waals surface area contributed by atoms with E-state index in [1.165, 1.54) is 42.7 Å². The van der Waals surface area contributed by atoms with Crippen LogP contribution in [-0.2, 0) is 19.2 Å². The molecule has 10 unspecified atom stereocenters. The zero-order valence-corrected chi connectivity index (χ0v) is 39.4. The summed E-state index contributed by atoms with van der Waals surface area (Å²) in [5.74, 6) is -7.39. The van der Waals surface area contributed by atoms with Crippen LogP contribution in [0.1, 0.15) is 59.2 Å². The lowest BCUT2D eigenvalue weighted by atomic mass is 9.52. The number of ether oxygens (including phenoxy) is 6. The van der Waals surface area contributed by atoms with Crippen molar-refractivity contribution in [2.45, 2.75) is 38.5 Å². The molecule has 17 nitrogen and oxygen atoms in total. The van der Waals surface area contributed by atoms with Gasteiger partial charge in [-0.2, -0.15) is 0 Å². The van der Waals surface area contributed by atoms with Crippen molar-refractivity contribution in [1.29, 1.82) is 0 Å². The maximum Gasteiger partial charge on any atom is 0.230 e. The molecule has 8 rings (SSSR count). The van der Waals surface area contributed by atoms with E-state index in [0.717, 1.165) is 0 Å². The van der Waals surface area contributed by atoms with Crippen LogP contribution in [-0.4, -0.2) is 142 Å². The molecule has 0 heterocycles. The summed E-state index contributed by atoms with van der Waals surface area (Å²) < 4.78 is 33.2. The molecule has 17 heteroatoms. The zero-order valence-electron chi connectivity index (χ0n) is 39.4. The Balaban J connectivity index is 1.34. The van der Waals surface area contributed by atoms with E-state index < -0.39 is 59.2 Å². The third-order valence-corrected chi connectivity index (χ3v) is 14.3. The summed E-state index contributed by atoms with van der Waals surface area (Å²) in [6.45, 7) is 1.83. The fourth-order valence-corrected chi connectivity index (χ4v) is 11.4. The fraction of sp³-hybridized carbons (Fsp3) is 0.625. The van der Waals surface area contributed by atoms with E-state index in [-0.39, 0.29) is 35.2 Å². The van der Waals surface area contributed by atoms with Crippen molar-refractivity contribution in [1.82, 2.24) is 25.8 Å². The number of likely N-dealkylation sites (N-methyl/N-ethyl adjacent to an activating group) is 2. The van der Waals surface area contributed by atoms with E-state index in [9.17, 15) is 28.8 Å². The van der Waals surface area contributed by atoms with Crippen LogP contribution in [0.2, 0.25) is 0 Å². The quantitative estimate of drug-likeness (QED) is 0.129. The van der Waals surface area contributed by atoms with Gasteiger partial charge in [0.15, 0.2) is 34.6 Å². The van der Waals surface area contributed by atoms with Crippen molar-refractivity contribution in [3.63, 3.8) is 0 Å². The molecule has 0 spiro atoms. The summed E-state index contributed by atoms with van der Waals surface area (Å²) in [4.78, 5) is 91.4. The Morgan fingerprint density at radius 3 is 1.12 bits per heavy atom. The summed E-state index contributed by atoms with van der Waals surface area (Å²) in [5, 5.41) is 8.76. The second kappa shape index (κ2) is 21.3. The Kier molecular flexibility index (Phi) is 16.0. The van der Waals surface area contributed by atoms with Gasteiger partial charge in [-0.1, -0.05) is 0 Å². The number of amides is 4. The first-order valence-electron chi connectivity index (χ1n) is 22.5. The second-order valence-electron chi connectivity index (χ2n) is 18.4. The number of nitrogens with zero attached hydrogens (tertiary/aromatic N) is 2. The lowest BCUT2D eigenvalue weighted by Crippen LogP contribution is -2.61. The second-order valence-corrected chi connectivity index (χ2v) is 18.4. The first kappa shape index (κ1) is 49.0. The highest BCUT2D eigenvalue weighted by Gasteiger charge is 2.59. The van der Waals surface area contributed by atoms with Gasteiger partial charge < -0.3 is 48.9 Å². The van der Waals surface area contributed by atoms with Crippen LogP contribution >= 0.6 is 0 Å². The van der Waals surface area contributed by atoms with Gasteiger partial charge in [0.05, 0.1) is 66.3 Å². The number of fused-ring (bicyclic) bond motifs is 6. The number of hydrogen-bond acceptors (Lipinski definition) is 14. The van der Waals surface area contributed by atoms with Crippen LogP contribution in [0, 0.1) is 59.2 Å². The highest BCUT2D eigenvalue weighted by molar-refractivity contribution is 6.05. The number of benzene rings is 2. The molecular weight excluding hydrogens is 839 g/mol. The number of carbonyl (C=O) groups is 6. The first-order valence-corrected chi connectivity index (χ1v) is 22.5. The molecule has 6 fully saturated rings. The van der Waals surface area contributed by atoms with Crippen molar-refractivity contribution >= 4 is 35.2 Å². The number of nitrogens with one attached hydrogen (secondary N) is 3. The lowest BCUT2D eigenvalue weighted by molar-refractivity contribution is -0.155. The minimum Gasteiger partial charge on any atom is -0.493 e. The Labute approximate surface area is 381 Å². The van der Waals surface area contributed by atoms with Crippen molar-refractivity contribution in [3.8, 4) is 34.5 Å². The smallest absolute Gasteiger partial charge is 0.230 e. The highest BCUT2D eigenvalue weighted by atomic mass is 16.5. The van der Waals surface area contributed by atoms with Crippen molar-refractivity contribution < 1.29 is 57.2 Å². The molecule has 0 radical (unpaired) electrons. The van der Waals surface area contributed by atoms with Crippen molar-refractivity contribution in [3.05, 3.63) is 35.4 Å². The van der Waals surface area contributed by atoms with Crippen LogP contribution in [0.15, 0.2) is 24.3 Å². The number of imide groups is 1. The molecule has 6 saturated carbocycles. The molecule has 65 heavy (non-hydrogen) atoms. The number of ketones is 2. The topological polar surface area (TPSA) is 200 Å². The van der Waals surface area contributed by atoms with Gasteiger partial charge in [0.25, 0.3) is 0 Å². The molecule has 0 saturated heterocycles. The highest BCUT2D eigenvalue weighted by Crippen LogP contribution is 2.55. The normalized spacial score (nSPS) is 26.5. The molecule has 2 aromatic rings. The van der Waals surface area contributed by atoms with Gasteiger partial charge in [-0.05, 0) is 115 Å². The van der Waals surface area contributed by atoms with Gasteiger partial charge in [-0.25, -0.2) is 0 Å². The molecule has 6 aliphatic carbocycles. The van der Waals surface area contributed by atoms with Gasteiger partial charge in [0.1, 0.15) is 0 Å². The van der Waals surface area contributed by atoms with Gasteiger partial charge in [0, 0.05) is 49.1 Å². The van der Waals surface area contributed by atoms with E-state index in [2.05, 4.69) is 16.0 Å². The molecular formula is C48H67N5O12. The molecule has 3 N–H and O–H groups in total. The maximum atomic E-state index is 15.0. The number of rotatable bonds is 20. The van der Waals surface area contributed by atoms with Gasteiger partial charge in [-0.3, -0.25) is 34.1 Å². The van der Waals surface area contributed by atoms with E-state index in [1.807, 2.05) is 38.0 Å². The minimum absolute atomic E-state index is 0.234.